The van der Waals surface area contributed by atoms with Gasteiger partial charge in [-0.1, -0.05) is 18.2 Å². The predicted octanol–water partition coefficient (Wildman–Crippen LogP) is 2.50. The van der Waals surface area contributed by atoms with Gasteiger partial charge in [0.1, 0.15) is 22.9 Å². The SMILES string of the molecule is Nc1cncc(C(=O)N2CCC3(CC2)CN(C(=O)C2CC(F)(F)C2)Cc2ccccc2O3)n1. The molecule has 0 atom stereocenters. The lowest BCUT2D eigenvalue weighted by Gasteiger charge is -2.44. The van der Waals surface area contributed by atoms with Gasteiger partial charge in [-0.15, -0.1) is 0 Å². The van der Waals surface area contributed by atoms with Crippen LogP contribution in [-0.4, -0.2) is 62.7 Å². The van der Waals surface area contributed by atoms with E-state index in [0.717, 1.165) is 5.56 Å². The lowest BCUT2D eigenvalue weighted by molar-refractivity contribution is -0.162. The molecule has 1 spiro atoms. The molecule has 10 heteroatoms. The number of halogens is 2. The van der Waals surface area contributed by atoms with Gasteiger partial charge < -0.3 is 20.3 Å². The molecule has 1 aliphatic carbocycles. The second-order valence-electron chi connectivity index (χ2n) is 9.17. The molecule has 1 saturated heterocycles. The number of carbonyl (C=O) groups excluding carboxylic acids is 2. The standard InChI is InChI=1S/C23H25F2N5O3/c24-23(25)9-16(10-23)20(31)30-13-15-3-1-2-4-18(15)33-22(14-30)5-7-29(8-6-22)21(32)17-11-27-12-19(26)28-17/h1-4,11-12,16H,5-10,13-14H2,(H2,26,28). The topological polar surface area (TPSA) is 102 Å². The minimum atomic E-state index is -2.76. The molecule has 1 aromatic carbocycles. The number of likely N-dealkylation sites (tertiary alicyclic amines) is 1. The van der Waals surface area contributed by atoms with E-state index in [4.69, 9.17) is 10.5 Å². The lowest BCUT2D eigenvalue weighted by atomic mass is 9.80. The predicted molar refractivity (Wildman–Crippen MR) is 114 cm³/mol. The summed E-state index contributed by atoms with van der Waals surface area (Å²) in [6, 6.07) is 7.49. The summed E-state index contributed by atoms with van der Waals surface area (Å²) in [4.78, 5) is 37.3. The summed E-state index contributed by atoms with van der Waals surface area (Å²) in [6.45, 7) is 1.42. The van der Waals surface area contributed by atoms with Crippen molar-refractivity contribution < 1.29 is 23.1 Å². The molecular formula is C23H25F2N5O3. The maximum atomic E-state index is 13.4. The molecule has 3 heterocycles. The van der Waals surface area contributed by atoms with Crippen molar-refractivity contribution in [2.24, 2.45) is 5.92 Å². The number of benzene rings is 1. The van der Waals surface area contributed by atoms with Gasteiger partial charge in [-0.25, -0.2) is 13.8 Å². The normalized spacial score (nSPS) is 21.5. The Morgan fingerprint density at radius 1 is 1.09 bits per heavy atom. The molecule has 0 unspecified atom stereocenters. The van der Waals surface area contributed by atoms with Crippen molar-refractivity contribution in [3.8, 4) is 5.75 Å². The highest BCUT2D eigenvalue weighted by Crippen LogP contribution is 2.44. The number of fused-ring (bicyclic) bond motifs is 1. The Morgan fingerprint density at radius 3 is 2.52 bits per heavy atom. The fourth-order valence-corrected chi connectivity index (χ4v) is 4.88. The van der Waals surface area contributed by atoms with Crippen LogP contribution in [0.3, 0.4) is 0 Å². The van der Waals surface area contributed by atoms with E-state index in [1.54, 1.807) is 9.80 Å². The second-order valence-corrected chi connectivity index (χ2v) is 9.17. The number of nitrogens with two attached hydrogens (primary N) is 1. The molecule has 0 bridgehead atoms. The fourth-order valence-electron chi connectivity index (χ4n) is 4.88. The number of carbonyl (C=O) groups is 2. The van der Waals surface area contributed by atoms with Crippen LogP contribution < -0.4 is 10.5 Å². The highest BCUT2D eigenvalue weighted by atomic mass is 19.3. The van der Waals surface area contributed by atoms with E-state index in [1.165, 1.54) is 12.4 Å². The summed E-state index contributed by atoms with van der Waals surface area (Å²) >= 11 is 0. The van der Waals surface area contributed by atoms with E-state index in [-0.39, 0.29) is 23.3 Å². The largest absolute Gasteiger partial charge is 0.485 e. The van der Waals surface area contributed by atoms with Crippen LogP contribution >= 0.6 is 0 Å². The van der Waals surface area contributed by atoms with Crippen molar-refractivity contribution in [1.82, 2.24) is 19.8 Å². The van der Waals surface area contributed by atoms with E-state index in [9.17, 15) is 18.4 Å². The lowest BCUT2D eigenvalue weighted by Crippen LogP contribution is -2.56. The van der Waals surface area contributed by atoms with E-state index >= 15 is 0 Å². The van der Waals surface area contributed by atoms with Gasteiger partial charge in [0.25, 0.3) is 5.91 Å². The molecule has 2 aromatic rings. The van der Waals surface area contributed by atoms with Crippen molar-refractivity contribution in [3.63, 3.8) is 0 Å². The number of anilines is 1. The molecular weight excluding hydrogens is 432 g/mol. The highest BCUT2D eigenvalue weighted by Gasteiger charge is 2.51. The monoisotopic (exact) mass is 457 g/mol. The summed E-state index contributed by atoms with van der Waals surface area (Å²) in [7, 11) is 0. The molecule has 33 heavy (non-hydrogen) atoms. The third kappa shape index (κ3) is 4.21. The molecule has 1 saturated carbocycles. The van der Waals surface area contributed by atoms with Gasteiger partial charge in [0.05, 0.1) is 18.9 Å². The zero-order valence-corrected chi connectivity index (χ0v) is 18.0. The Balaban J connectivity index is 1.35. The summed E-state index contributed by atoms with van der Waals surface area (Å²) in [6.07, 6.45) is 2.95. The maximum Gasteiger partial charge on any atom is 0.274 e. The Morgan fingerprint density at radius 2 is 1.82 bits per heavy atom. The quantitative estimate of drug-likeness (QED) is 0.744. The first kappa shape index (κ1) is 21.5. The maximum absolute atomic E-state index is 13.4. The molecule has 2 N–H and O–H groups in total. The number of nitrogen functional groups attached to an aromatic ring is 1. The van der Waals surface area contributed by atoms with Crippen LogP contribution in [0.15, 0.2) is 36.7 Å². The number of alkyl halides is 2. The average molecular weight is 457 g/mol. The van der Waals surface area contributed by atoms with E-state index < -0.39 is 30.3 Å². The van der Waals surface area contributed by atoms with Gasteiger partial charge >= 0.3 is 0 Å². The van der Waals surface area contributed by atoms with Crippen LogP contribution in [0.2, 0.25) is 0 Å². The van der Waals surface area contributed by atoms with Crippen LogP contribution in [0.1, 0.15) is 41.7 Å². The Labute approximate surface area is 189 Å². The number of hydrogen-bond acceptors (Lipinski definition) is 6. The first-order valence-corrected chi connectivity index (χ1v) is 11.0. The number of hydrogen-bond donors (Lipinski definition) is 1. The molecule has 174 valence electrons. The molecule has 0 radical (unpaired) electrons. The average Bonchev–Trinajstić information content (AvgIpc) is 2.93. The number of piperidine rings is 1. The minimum absolute atomic E-state index is 0.175. The van der Waals surface area contributed by atoms with Crippen molar-refractivity contribution in [1.29, 1.82) is 0 Å². The van der Waals surface area contributed by atoms with Crippen LogP contribution in [-0.2, 0) is 11.3 Å². The minimum Gasteiger partial charge on any atom is -0.485 e. The Kier molecular flexibility index (Phi) is 5.18. The smallest absolute Gasteiger partial charge is 0.274 e. The molecule has 5 rings (SSSR count). The van der Waals surface area contributed by atoms with Crippen LogP contribution in [0.5, 0.6) is 5.75 Å². The summed E-state index contributed by atoms with van der Waals surface area (Å²) in [5, 5.41) is 0. The Bertz CT molecular complexity index is 1080. The third-order valence-corrected chi connectivity index (χ3v) is 6.72. The van der Waals surface area contributed by atoms with Gasteiger partial charge in [0.15, 0.2) is 0 Å². The first-order valence-electron chi connectivity index (χ1n) is 11.0. The van der Waals surface area contributed by atoms with Gasteiger partial charge in [0.2, 0.25) is 11.8 Å². The molecule has 3 aliphatic rings. The molecule has 2 amide bonds. The molecule has 2 aliphatic heterocycles. The Hall–Kier alpha value is -3.30. The number of amides is 2. The van der Waals surface area contributed by atoms with Gasteiger partial charge in [-0.05, 0) is 6.07 Å². The fraction of sp³-hybridized carbons (Fsp3) is 0.478. The second kappa shape index (κ2) is 7.93. The number of para-hydroxylation sites is 1. The summed E-state index contributed by atoms with van der Waals surface area (Å²) in [5.74, 6) is -3.07. The van der Waals surface area contributed by atoms with E-state index in [0.29, 0.717) is 44.8 Å². The van der Waals surface area contributed by atoms with Crippen molar-refractivity contribution in [2.75, 3.05) is 25.4 Å². The number of rotatable bonds is 2. The molecule has 2 fully saturated rings. The number of nitrogens with zero attached hydrogens (tertiary/aromatic N) is 4. The van der Waals surface area contributed by atoms with E-state index in [1.807, 2.05) is 24.3 Å². The molecule has 1 aromatic heterocycles. The van der Waals surface area contributed by atoms with Crippen molar-refractivity contribution in [3.05, 3.63) is 47.9 Å². The van der Waals surface area contributed by atoms with E-state index in [2.05, 4.69) is 9.97 Å². The summed E-state index contributed by atoms with van der Waals surface area (Å²) in [5.41, 5.74) is 5.98. The van der Waals surface area contributed by atoms with Crippen molar-refractivity contribution in [2.45, 2.75) is 43.8 Å². The third-order valence-electron chi connectivity index (χ3n) is 6.72. The zero-order chi connectivity index (χ0) is 23.2. The van der Waals surface area contributed by atoms with Crippen LogP contribution in [0.25, 0.3) is 0 Å². The van der Waals surface area contributed by atoms with Gasteiger partial charge in [-0.3, -0.25) is 14.6 Å². The van der Waals surface area contributed by atoms with Crippen LogP contribution in [0.4, 0.5) is 14.6 Å². The number of ether oxygens (including phenoxy) is 1. The zero-order valence-electron chi connectivity index (χ0n) is 18.0. The number of aromatic nitrogens is 2. The highest BCUT2D eigenvalue weighted by molar-refractivity contribution is 5.92. The molecule has 8 nitrogen and oxygen atoms in total. The van der Waals surface area contributed by atoms with Crippen molar-refractivity contribution >= 4 is 17.6 Å². The van der Waals surface area contributed by atoms with Gasteiger partial charge in [0, 0.05) is 56.8 Å². The van der Waals surface area contributed by atoms with Gasteiger partial charge in [-0.2, -0.15) is 0 Å². The first-order chi connectivity index (χ1) is 15.7. The van der Waals surface area contributed by atoms with Crippen LogP contribution in [0, 0.1) is 5.92 Å². The summed E-state index contributed by atoms with van der Waals surface area (Å²) < 4.78 is 33.3.